The van der Waals surface area contributed by atoms with Gasteiger partial charge in [0.2, 0.25) is 0 Å². The van der Waals surface area contributed by atoms with Crippen LogP contribution in [0.4, 0.5) is 15.3 Å². The first-order chi connectivity index (χ1) is 13.2. The van der Waals surface area contributed by atoms with Crippen molar-refractivity contribution in [3.05, 3.63) is 29.8 Å². The Morgan fingerprint density at radius 3 is 2.43 bits per heavy atom. The van der Waals surface area contributed by atoms with Gasteiger partial charge in [0.15, 0.2) is 0 Å². The normalized spacial score (nSPS) is 18.9. The lowest BCUT2D eigenvalue weighted by atomic mass is 10.1. The number of imide groups is 1. The van der Waals surface area contributed by atoms with E-state index >= 15 is 0 Å². The number of ether oxygens (including phenoxy) is 1. The van der Waals surface area contributed by atoms with Gasteiger partial charge >= 0.3 is 12.2 Å². The SMILES string of the molecule is CC(C)(C)OC(=O)N1c2ccccc2CC1CNC(=O)ON1C(=O)CCC1=O. The molecule has 1 aromatic rings. The number of fused-ring (bicyclic) bond motifs is 1. The number of nitrogens with one attached hydrogen (secondary N) is 1. The maximum absolute atomic E-state index is 12.7. The lowest BCUT2D eigenvalue weighted by Gasteiger charge is -2.29. The van der Waals surface area contributed by atoms with Gasteiger partial charge in [-0.15, -0.1) is 5.06 Å². The van der Waals surface area contributed by atoms with Gasteiger partial charge in [-0.05, 0) is 38.8 Å². The van der Waals surface area contributed by atoms with Crippen molar-refractivity contribution in [2.75, 3.05) is 11.4 Å². The van der Waals surface area contributed by atoms with E-state index in [0.717, 1.165) is 11.3 Å². The smallest absolute Gasteiger partial charge is 0.432 e. The minimum absolute atomic E-state index is 0.0243. The van der Waals surface area contributed by atoms with Crippen molar-refractivity contribution in [1.82, 2.24) is 10.4 Å². The summed E-state index contributed by atoms with van der Waals surface area (Å²) in [4.78, 5) is 54.1. The molecular formula is C19H23N3O6. The molecule has 9 heteroatoms. The molecule has 1 fully saturated rings. The van der Waals surface area contributed by atoms with Crippen LogP contribution >= 0.6 is 0 Å². The van der Waals surface area contributed by atoms with Gasteiger partial charge in [0.25, 0.3) is 11.8 Å². The molecule has 0 aliphatic carbocycles. The van der Waals surface area contributed by atoms with Gasteiger partial charge in [-0.2, -0.15) is 0 Å². The fraction of sp³-hybridized carbons (Fsp3) is 0.474. The van der Waals surface area contributed by atoms with Crippen LogP contribution in [0.25, 0.3) is 0 Å². The van der Waals surface area contributed by atoms with E-state index in [1.54, 1.807) is 20.8 Å². The largest absolute Gasteiger partial charge is 0.443 e. The molecule has 1 N–H and O–H groups in total. The van der Waals surface area contributed by atoms with Crippen molar-refractivity contribution in [2.45, 2.75) is 51.7 Å². The highest BCUT2D eigenvalue weighted by molar-refractivity contribution is 6.01. The van der Waals surface area contributed by atoms with Crippen LogP contribution in [0.2, 0.25) is 0 Å². The summed E-state index contributed by atoms with van der Waals surface area (Å²) in [7, 11) is 0. The predicted octanol–water partition coefficient (Wildman–Crippen LogP) is 2.14. The Hall–Kier alpha value is -3.10. The second kappa shape index (κ2) is 7.49. The van der Waals surface area contributed by atoms with Crippen LogP contribution in [-0.4, -0.2) is 47.3 Å². The van der Waals surface area contributed by atoms with E-state index in [4.69, 9.17) is 9.57 Å². The van der Waals surface area contributed by atoms with Gasteiger partial charge in [0.05, 0.1) is 11.7 Å². The van der Waals surface area contributed by atoms with Crippen LogP contribution in [0.1, 0.15) is 39.2 Å². The summed E-state index contributed by atoms with van der Waals surface area (Å²) in [6, 6.07) is 7.04. The Balaban J connectivity index is 1.66. The first kappa shape index (κ1) is 19.7. The summed E-state index contributed by atoms with van der Waals surface area (Å²) < 4.78 is 5.50. The van der Waals surface area contributed by atoms with Crippen LogP contribution in [0, 0.1) is 0 Å². The average Bonchev–Trinajstić information content (AvgIpc) is 3.13. The van der Waals surface area contributed by atoms with E-state index in [2.05, 4.69) is 5.32 Å². The van der Waals surface area contributed by atoms with Crippen LogP contribution in [-0.2, 0) is 25.6 Å². The Kier molecular flexibility index (Phi) is 5.26. The molecule has 4 amide bonds. The van der Waals surface area contributed by atoms with Crippen LogP contribution in [0.3, 0.4) is 0 Å². The summed E-state index contributed by atoms with van der Waals surface area (Å²) in [6.45, 7) is 5.41. The highest BCUT2D eigenvalue weighted by Gasteiger charge is 2.37. The van der Waals surface area contributed by atoms with Crippen LogP contribution in [0.5, 0.6) is 0 Å². The van der Waals surface area contributed by atoms with Crippen molar-refractivity contribution in [2.24, 2.45) is 0 Å². The summed E-state index contributed by atoms with van der Waals surface area (Å²) in [5.41, 5.74) is 1.02. The number of carbonyl (C=O) groups is 4. The lowest BCUT2D eigenvalue weighted by molar-refractivity contribution is -0.171. The standard InChI is InChI=1S/C19H23N3O6/c1-19(2,3)27-18(26)21-13(10-12-6-4-5-7-14(12)21)11-20-17(25)28-22-15(23)8-9-16(22)24/h4-7,13H,8-11H2,1-3H3,(H,20,25). The molecule has 1 atom stereocenters. The van der Waals surface area contributed by atoms with Gasteiger partial charge in [0.1, 0.15) is 5.60 Å². The van der Waals surface area contributed by atoms with Gasteiger partial charge in [-0.1, -0.05) is 18.2 Å². The third-order valence-corrected chi connectivity index (χ3v) is 4.32. The number of anilines is 1. The molecule has 2 aliphatic heterocycles. The predicted molar refractivity (Wildman–Crippen MR) is 98.2 cm³/mol. The first-order valence-corrected chi connectivity index (χ1v) is 9.07. The zero-order valence-corrected chi connectivity index (χ0v) is 16.1. The number of carbonyl (C=O) groups excluding carboxylic acids is 4. The van der Waals surface area contributed by atoms with Crippen molar-refractivity contribution in [3.63, 3.8) is 0 Å². The molecule has 28 heavy (non-hydrogen) atoms. The highest BCUT2D eigenvalue weighted by atomic mass is 16.7. The molecule has 0 radical (unpaired) electrons. The molecule has 1 unspecified atom stereocenters. The number of hydrogen-bond donors (Lipinski definition) is 1. The summed E-state index contributed by atoms with van der Waals surface area (Å²) in [6.07, 6.45) is -0.865. The lowest BCUT2D eigenvalue weighted by Crippen LogP contribution is -2.48. The summed E-state index contributed by atoms with van der Waals surface area (Å²) >= 11 is 0. The second-order valence-corrected chi connectivity index (χ2v) is 7.68. The minimum atomic E-state index is -0.927. The number of hydrogen-bond acceptors (Lipinski definition) is 6. The molecule has 0 bridgehead atoms. The highest BCUT2D eigenvalue weighted by Crippen LogP contribution is 2.33. The molecule has 2 aliphatic rings. The molecule has 0 spiro atoms. The van der Waals surface area contributed by atoms with Crippen molar-refractivity contribution in [3.8, 4) is 0 Å². The first-order valence-electron chi connectivity index (χ1n) is 9.07. The number of benzene rings is 1. The Morgan fingerprint density at radius 2 is 1.79 bits per heavy atom. The quantitative estimate of drug-likeness (QED) is 0.794. The monoisotopic (exact) mass is 389 g/mol. The topological polar surface area (TPSA) is 105 Å². The molecule has 1 saturated heterocycles. The van der Waals surface area contributed by atoms with Gasteiger partial charge in [-0.3, -0.25) is 14.5 Å². The van der Waals surface area contributed by atoms with E-state index in [-0.39, 0.29) is 25.4 Å². The van der Waals surface area contributed by atoms with Crippen LogP contribution < -0.4 is 10.2 Å². The van der Waals surface area contributed by atoms with Crippen LogP contribution in [0.15, 0.2) is 24.3 Å². The molecule has 0 saturated carbocycles. The fourth-order valence-electron chi connectivity index (χ4n) is 3.16. The van der Waals surface area contributed by atoms with E-state index < -0.39 is 29.6 Å². The van der Waals surface area contributed by atoms with E-state index in [9.17, 15) is 19.2 Å². The zero-order valence-electron chi connectivity index (χ0n) is 16.1. The van der Waals surface area contributed by atoms with Crippen molar-refractivity contribution >= 4 is 29.7 Å². The minimum Gasteiger partial charge on any atom is -0.443 e. The number of nitrogens with zero attached hydrogens (tertiary/aromatic N) is 2. The Morgan fingerprint density at radius 1 is 1.14 bits per heavy atom. The molecule has 150 valence electrons. The number of para-hydroxylation sites is 1. The molecule has 2 heterocycles. The maximum atomic E-state index is 12.7. The van der Waals surface area contributed by atoms with E-state index in [1.807, 2.05) is 24.3 Å². The number of hydroxylamine groups is 2. The summed E-state index contributed by atoms with van der Waals surface area (Å²) in [5.74, 6) is -1.10. The maximum Gasteiger partial charge on any atom is 0.432 e. The Labute approximate surface area is 162 Å². The zero-order chi connectivity index (χ0) is 20.5. The number of amides is 4. The number of rotatable bonds is 3. The summed E-state index contributed by atoms with van der Waals surface area (Å²) in [5, 5.41) is 2.99. The van der Waals surface area contributed by atoms with Crippen molar-refractivity contribution < 1.29 is 28.8 Å². The Bertz CT molecular complexity index is 800. The third-order valence-electron chi connectivity index (χ3n) is 4.32. The molecule has 1 aromatic carbocycles. The van der Waals surface area contributed by atoms with Gasteiger partial charge < -0.3 is 14.9 Å². The molecule has 3 rings (SSSR count). The average molecular weight is 389 g/mol. The van der Waals surface area contributed by atoms with Gasteiger partial charge in [-0.25, -0.2) is 9.59 Å². The van der Waals surface area contributed by atoms with E-state index in [1.165, 1.54) is 4.90 Å². The third kappa shape index (κ3) is 4.24. The molecular weight excluding hydrogens is 366 g/mol. The fourth-order valence-corrected chi connectivity index (χ4v) is 3.16. The molecule has 0 aromatic heterocycles. The van der Waals surface area contributed by atoms with Crippen molar-refractivity contribution in [1.29, 1.82) is 0 Å². The van der Waals surface area contributed by atoms with Gasteiger partial charge in [0, 0.05) is 19.4 Å². The second-order valence-electron chi connectivity index (χ2n) is 7.68. The molecule has 9 nitrogen and oxygen atoms in total. The van der Waals surface area contributed by atoms with E-state index in [0.29, 0.717) is 11.5 Å².